The number of Topliss-reactive ketones (excluding diaryl/α,β-unsaturated/α-hetero) is 1. The minimum absolute atomic E-state index is 0.0109. The maximum atomic E-state index is 12.2. The van der Waals surface area contributed by atoms with E-state index >= 15 is 0 Å². The Morgan fingerprint density at radius 3 is 2.22 bits per heavy atom. The molecule has 4 heteroatoms. The third-order valence-corrected chi connectivity index (χ3v) is 3.42. The molecule has 3 atom stereocenters. The van der Waals surface area contributed by atoms with Crippen LogP contribution in [0.3, 0.4) is 0 Å². The third-order valence-electron chi connectivity index (χ3n) is 3.42. The quantitative estimate of drug-likeness (QED) is 0.706. The summed E-state index contributed by atoms with van der Waals surface area (Å²) < 4.78 is 5.58. The van der Waals surface area contributed by atoms with E-state index in [4.69, 9.17) is 4.74 Å². The molecular weight excluding hydrogens is 230 g/mol. The van der Waals surface area contributed by atoms with Crippen molar-refractivity contribution in [2.24, 2.45) is 5.92 Å². The fourth-order valence-electron chi connectivity index (χ4n) is 2.54. The van der Waals surface area contributed by atoms with Crippen molar-refractivity contribution in [2.75, 3.05) is 13.1 Å². The lowest BCUT2D eigenvalue weighted by Crippen LogP contribution is -2.51. The maximum Gasteiger partial charge on any atom is 0.290 e. The fourth-order valence-corrected chi connectivity index (χ4v) is 2.54. The third kappa shape index (κ3) is 3.80. The molecular formula is C14H25NO3. The van der Waals surface area contributed by atoms with Gasteiger partial charge in [-0.3, -0.25) is 9.59 Å². The first-order valence-electron chi connectivity index (χ1n) is 6.98. The monoisotopic (exact) mass is 255 g/mol. The summed E-state index contributed by atoms with van der Waals surface area (Å²) in [6.07, 6.45) is 2.51. The van der Waals surface area contributed by atoms with Crippen molar-refractivity contribution in [3.8, 4) is 0 Å². The highest BCUT2D eigenvalue weighted by molar-refractivity contribution is 6.36. The van der Waals surface area contributed by atoms with E-state index in [1.54, 1.807) is 4.90 Å². The average Bonchev–Trinajstić information content (AvgIpc) is 2.33. The Morgan fingerprint density at radius 2 is 1.78 bits per heavy atom. The van der Waals surface area contributed by atoms with Crippen LogP contribution < -0.4 is 0 Å². The molecule has 104 valence electrons. The molecule has 1 saturated heterocycles. The second-order valence-corrected chi connectivity index (χ2v) is 5.23. The molecule has 1 amide bonds. The average molecular weight is 255 g/mol. The zero-order chi connectivity index (χ0) is 13.7. The van der Waals surface area contributed by atoms with Crippen molar-refractivity contribution < 1.29 is 14.3 Å². The zero-order valence-corrected chi connectivity index (χ0v) is 11.9. The van der Waals surface area contributed by atoms with Gasteiger partial charge in [-0.15, -0.1) is 0 Å². The summed E-state index contributed by atoms with van der Waals surface area (Å²) >= 11 is 0. The topological polar surface area (TPSA) is 46.6 Å². The number of hydrogen-bond donors (Lipinski definition) is 0. The molecule has 0 spiro atoms. The summed E-state index contributed by atoms with van der Waals surface area (Å²) in [5.41, 5.74) is 0. The summed E-state index contributed by atoms with van der Waals surface area (Å²) in [6.45, 7) is 8.93. The van der Waals surface area contributed by atoms with Crippen LogP contribution >= 0.6 is 0 Å². The van der Waals surface area contributed by atoms with Crippen LogP contribution in [0.15, 0.2) is 0 Å². The lowest BCUT2D eigenvalue weighted by Gasteiger charge is -2.35. The van der Waals surface area contributed by atoms with Crippen molar-refractivity contribution in [2.45, 2.75) is 59.2 Å². The molecule has 0 aliphatic carbocycles. The van der Waals surface area contributed by atoms with Gasteiger partial charge in [0, 0.05) is 19.0 Å². The summed E-state index contributed by atoms with van der Waals surface area (Å²) in [5, 5.41) is 0. The van der Waals surface area contributed by atoms with Crippen LogP contribution in [0.5, 0.6) is 0 Å². The normalized spacial score (nSPS) is 25.9. The van der Waals surface area contributed by atoms with Crippen LogP contribution in [-0.2, 0) is 14.3 Å². The number of carbonyl (C=O) groups excluding carboxylic acids is 2. The standard InChI is InChI=1S/C14H25NO3/c1-5-7-12(6-2)13(16)14(17)15-8-10(3)18-11(4)9-15/h10-12H,5-9H2,1-4H3/t10-,11+,12?. The molecule has 1 aliphatic heterocycles. The van der Waals surface area contributed by atoms with Gasteiger partial charge < -0.3 is 9.64 Å². The highest BCUT2D eigenvalue weighted by Gasteiger charge is 2.32. The number of amides is 1. The fraction of sp³-hybridized carbons (Fsp3) is 0.857. The second kappa shape index (κ2) is 6.88. The van der Waals surface area contributed by atoms with Crippen molar-refractivity contribution in [1.29, 1.82) is 0 Å². The Hall–Kier alpha value is -0.900. The van der Waals surface area contributed by atoms with E-state index in [1.807, 2.05) is 27.7 Å². The highest BCUT2D eigenvalue weighted by atomic mass is 16.5. The predicted octanol–water partition coefficient (Wildman–Crippen LogP) is 2.02. The Bertz CT molecular complexity index is 293. The molecule has 1 heterocycles. The predicted molar refractivity (Wildman–Crippen MR) is 70.3 cm³/mol. The Morgan fingerprint density at radius 1 is 1.22 bits per heavy atom. The van der Waals surface area contributed by atoms with Gasteiger partial charge in [0.15, 0.2) is 0 Å². The Labute approximate surface area is 110 Å². The molecule has 0 aromatic carbocycles. The van der Waals surface area contributed by atoms with E-state index < -0.39 is 0 Å². The molecule has 0 saturated carbocycles. The van der Waals surface area contributed by atoms with Crippen molar-refractivity contribution in [3.05, 3.63) is 0 Å². The molecule has 1 unspecified atom stereocenters. The summed E-state index contributed by atoms with van der Waals surface area (Å²) in [6, 6.07) is 0. The number of nitrogens with zero attached hydrogens (tertiary/aromatic N) is 1. The Kier molecular flexibility index (Phi) is 5.79. The molecule has 0 radical (unpaired) electrons. The molecule has 1 aliphatic rings. The molecule has 1 fully saturated rings. The van der Waals surface area contributed by atoms with Crippen LogP contribution in [-0.4, -0.2) is 41.9 Å². The van der Waals surface area contributed by atoms with Gasteiger partial charge in [-0.05, 0) is 26.7 Å². The number of carbonyl (C=O) groups is 2. The van der Waals surface area contributed by atoms with E-state index in [0.717, 1.165) is 19.3 Å². The number of ether oxygens (including phenoxy) is 1. The van der Waals surface area contributed by atoms with Gasteiger partial charge in [-0.25, -0.2) is 0 Å². The minimum Gasteiger partial charge on any atom is -0.372 e. The lowest BCUT2D eigenvalue weighted by atomic mass is 9.94. The first kappa shape index (κ1) is 15.2. The Balaban J connectivity index is 2.64. The minimum atomic E-state index is -0.322. The number of morpholine rings is 1. The van der Waals surface area contributed by atoms with Gasteiger partial charge in [0.2, 0.25) is 5.78 Å². The summed E-state index contributed by atoms with van der Waals surface area (Å²) in [7, 11) is 0. The van der Waals surface area contributed by atoms with E-state index in [2.05, 4.69) is 0 Å². The maximum absolute atomic E-state index is 12.2. The van der Waals surface area contributed by atoms with Crippen LogP contribution in [0.25, 0.3) is 0 Å². The second-order valence-electron chi connectivity index (χ2n) is 5.23. The number of rotatable bonds is 5. The zero-order valence-electron chi connectivity index (χ0n) is 11.9. The smallest absolute Gasteiger partial charge is 0.290 e. The first-order valence-corrected chi connectivity index (χ1v) is 6.98. The van der Waals surface area contributed by atoms with Crippen LogP contribution in [0.1, 0.15) is 47.0 Å². The van der Waals surface area contributed by atoms with Crippen molar-refractivity contribution >= 4 is 11.7 Å². The van der Waals surface area contributed by atoms with Gasteiger partial charge in [0.25, 0.3) is 5.91 Å². The number of hydrogen-bond acceptors (Lipinski definition) is 3. The molecule has 0 N–H and O–H groups in total. The summed E-state index contributed by atoms with van der Waals surface area (Å²) in [4.78, 5) is 26.0. The lowest BCUT2D eigenvalue weighted by molar-refractivity contribution is -0.154. The molecule has 0 aromatic rings. The van der Waals surface area contributed by atoms with Gasteiger partial charge in [0.1, 0.15) is 0 Å². The van der Waals surface area contributed by atoms with Gasteiger partial charge in [0.05, 0.1) is 12.2 Å². The van der Waals surface area contributed by atoms with Crippen molar-refractivity contribution in [1.82, 2.24) is 4.90 Å². The number of ketones is 1. The van der Waals surface area contributed by atoms with E-state index in [-0.39, 0.29) is 29.8 Å². The van der Waals surface area contributed by atoms with E-state index in [9.17, 15) is 9.59 Å². The molecule has 1 rings (SSSR count). The van der Waals surface area contributed by atoms with Gasteiger partial charge in [-0.2, -0.15) is 0 Å². The SMILES string of the molecule is CCCC(CC)C(=O)C(=O)N1C[C@@H](C)O[C@@H](C)C1. The van der Waals surface area contributed by atoms with Gasteiger partial charge >= 0.3 is 0 Å². The summed E-state index contributed by atoms with van der Waals surface area (Å²) in [5.74, 6) is -0.658. The van der Waals surface area contributed by atoms with E-state index in [0.29, 0.717) is 13.1 Å². The van der Waals surface area contributed by atoms with Gasteiger partial charge in [-0.1, -0.05) is 20.3 Å². The first-order chi connectivity index (χ1) is 8.49. The largest absolute Gasteiger partial charge is 0.372 e. The molecule has 18 heavy (non-hydrogen) atoms. The highest BCUT2D eigenvalue weighted by Crippen LogP contribution is 2.16. The molecule has 4 nitrogen and oxygen atoms in total. The van der Waals surface area contributed by atoms with Crippen molar-refractivity contribution in [3.63, 3.8) is 0 Å². The van der Waals surface area contributed by atoms with E-state index in [1.165, 1.54) is 0 Å². The van der Waals surface area contributed by atoms with Crippen LogP contribution in [0.4, 0.5) is 0 Å². The van der Waals surface area contributed by atoms with Crippen LogP contribution in [0.2, 0.25) is 0 Å². The molecule has 0 aromatic heterocycles. The van der Waals surface area contributed by atoms with Crippen LogP contribution in [0, 0.1) is 5.92 Å². The molecule has 0 bridgehead atoms.